The van der Waals surface area contributed by atoms with E-state index >= 15 is 0 Å². The van der Waals surface area contributed by atoms with Crippen LogP contribution in [0.4, 0.5) is 0 Å². The molecule has 1 unspecified atom stereocenters. The molecule has 6 nitrogen and oxygen atoms in total. The van der Waals surface area contributed by atoms with Crippen LogP contribution in [0.5, 0.6) is 11.5 Å². The minimum absolute atomic E-state index is 0.201. The fraction of sp³-hybridized carbons (Fsp3) is 0.364. The number of amides is 2. The molecule has 2 N–H and O–H groups in total. The summed E-state index contributed by atoms with van der Waals surface area (Å²) in [6, 6.07) is 14.8. The van der Waals surface area contributed by atoms with Gasteiger partial charge in [0.05, 0.1) is 12.0 Å². The molecule has 3 rings (SSSR count). The molecule has 154 valence electrons. The van der Waals surface area contributed by atoms with Gasteiger partial charge in [0.2, 0.25) is 5.91 Å². The molecule has 1 atom stereocenters. The smallest absolute Gasteiger partial charge is 0.279 e. The number of hydrogen-bond donors (Lipinski definition) is 2. The summed E-state index contributed by atoms with van der Waals surface area (Å²) in [5.74, 6) is 0.668. The van der Waals surface area contributed by atoms with Gasteiger partial charge in [-0.3, -0.25) is 20.4 Å². The zero-order chi connectivity index (χ0) is 20.9. The van der Waals surface area contributed by atoms with Gasteiger partial charge in [-0.05, 0) is 68.7 Å². The zero-order valence-corrected chi connectivity index (χ0v) is 18.1. The van der Waals surface area contributed by atoms with Crippen LogP contribution in [0.2, 0.25) is 0 Å². The van der Waals surface area contributed by atoms with Gasteiger partial charge >= 0.3 is 0 Å². The summed E-state index contributed by atoms with van der Waals surface area (Å²) in [4.78, 5) is 25.2. The predicted molar refractivity (Wildman–Crippen MR) is 114 cm³/mol. The van der Waals surface area contributed by atoms with Crippen LogP contribution in [0, 0.1) is 0 Å². The third kappa shape index (κ3) is 4.90. The van der Waals surface area contributed by atoms with Gasteiger partial charge in [0.15, 0.2) is 6.10 Å². The minimum atomic E-state index is -0.765. The number of benzene rings is 2. The molecule has 0 spiro atoms. The highest BCUT2D eigenvalue weighted by Gasteiger charge is 2.45. The van der Waals surface area contributed by atoms with Crippen molar-refractivity contribution in [2.75, 3.05) is 6.61 Å². The van der Waals surface area contributed by atoms with Crippen molar-refractivity contribution in [3.63, 3.8) is 0 Å². The number of hydrogen-bond acceptors (Lipinski definition) is 4. The molecule has 0 aliphatic heterocycles. The monoisotopic (exact) mass is 460 g/mol. The Labute approximate surface area is 179 Å². The lowest BCUT2D eigenvalue weighted by atomic mass is 9.64. The summed E-state index contributed by atoms with van der Waals surface area (Å²) in [6.45, 7) is 4.13. The Morgan fingerprint density at radius 2 is 1.66 bits per heavy atom. The van der Waals surface area contributed by atoms with E-state index in [0.29, 0.717) is 12.4 Å². The molecule has 2 amide bonds. The van der Waals surface area contributed by atoms with E-state index in [0.717, 1.165) is 35.0 Å². The second kappa shape index (κ2) is 9.31. The van der Waals surface area contributed by atoms with Crippen LogP contribution in [-0.2, 0) is 15.0 Å². The maximum atomic E-state index is 12.8. The van der Waals surface area contributed by atoms with Crippen molar-refractivity contribution in [2.24, 2.45) is 0 Å². The number of rotatable bonds is 7. The molecule has 7 heteroatoms. The van der Waals surface area contributed by atoms with Crippen molar-refractivity contribution in [1.82, 2.24) is 10.9 Å². The van der Waals surface area contributed by atoms with Gasteiger partial charge in [0, 0.05) is 4.47 Å². The Morgan fingerprint density at radius 1 is 1.03 bits per heavy atom. The molecule has 1 aliphatic carbocycles. The first-order valence-electron chi connectivity index (χ1n) is 9.70. The van der Waals surface area contributed by atoms with Crippen molar-refractivity contribution in [3.05, 3.63) is 58.6 Å². The van der Waals surface area contributed by atoms with Crippen LogP contribution in [0.1, 0.15) is 38.7 Å². The second-order valence-electron chi connectivity index (χ2n) is 7.05. The van der Waals surface area contributed by atoms with E-state index in [-0.39, 0.29) is 5.91 Å². The Balaban J connectivity index is 1.55. The summed E-state index contributed by atoms with van der Waals surface area (Å²) < 4.78 is 12.0. The van der Waals surface area contributed by atoms with Crippen LogP contribution in [0.15, 0.2) is 53.0 Å². The molecule has 1 aliphatic rings. The highest BCUT2D eigenvalue weighted by Crippen LogP contribution is 2.44. The Morgan fingerprint density at radius 3 is 2.21 bits per heavy atom. The average molecular weight is 461 g/mol. The Hall–Kier alpha value is -2.54. The molecular formula is C22H25BrN2O4. The highest BCUT2D eigenvalue weighted by atomic mass is 79.9. The van der Waals surface area contributed by atoms with Gasteiger partial charge in [-0.2, -0.15) is 0 Å². The predicted octanol–water partition coefficient (Wildman–Crippen LogP) is 3.88. The third-order valence-corrected chi connectivity index (χ3v) is 5.68. The molecule has 29 heavy (non-hydrogen) atoms. The normalized spacial score (nSPS) is 15.6. The number of halogens is 1. The van der Waals surface area contributed by atoms with Gasteiger partial charge in [-0.25, -0.2) is 0 Å². The number of nitrogens with one attached hydrogen (secondary N) is 2. The lowest BCUT2D eigenvalue weighted by molar-refractivity contribution is -0.137. The molecule has 0 heterocycles. The molecule has 2 aromatic rings. The van der Waals surface area contributed by atoms with Crippen LogP contribution in [0.25, 0.3) is 0 Å². The van der Waals surface area contributed by atoms with Gasteiger partial charge in [0.25, 0.3) is 5.91 Å². The van der Waals surface area contributed by atoms with Crippen molar-refractivity contribution in [1.29, 1.82) is 0 Å². The SMILES string of the molecule is CCOc1ccc(OC(C)C(=O)NNC(=O)C2(c3ccc(Br)cc3)CCC2)cc1. The first-order chi connectivity index (χ1) is 13.9. The van der Waals surface area contributed by atoms with Crippen molar-refractivity contribution >= 4 is 27.7 Å². The molecule has 1 saturated carbocycles. The van der Waals surface area contributed by atoms with Gasteiger partial charge in [-0.15, -0.1) is 0 Å². The Bertz CT molecular complexity index is 848. The molecule has 1 fully saturated rings. The largest absolute Gasteiger partial charge is 0.494 e. The molecular weight excluding hydrogens is 436 g/mol. The summed E-state index contributed by atoms with van der Waals surface area (Å²) in [6.07, 6.45) is 1.73. The van der Waals surface area contributed by atoms with Crippen molar-refractivity contribution in [3.8, 4) is 11.5 Å². The van der Waals surface area contributed by atoms with E-state index in [1.807, 2.05) is 31.2 Å². The maximum Gasteiger partial charge on any atom is 0.279 e. The quantitative estimate of drug-likeness (QED) is 0.614. The second-order valence-corrected chi connectivity index (χ2v) is 7.97. The molecule has 0 bridgehead atoms. The number of carbonyl (C=O) groups is 2. The van der Waals surface area contributed by atoms with E-state index < -0.39 is 17.4 Å². The summed E-state index contributed by atoms with van der Waals surface area (Å²) in [5.41, 5.74) is 5.44. The fourth-order valence-corrected chi connectivity index (χ4v) is 3.59. The van der Waals surface area contributed by atoms with Crippen LogP contribution in [0.3, 0.4) is 0 Å². The molecule has 0 aromatic heterocycles. The average Bonchev–Trinajstić information content (AvgIpc) is 2.68. The highest BCUT2D eigenvalue weighted by molar-refractivity contribution is 9.10. The molecule has 0 saturated heterocycles. The lowest BCUT2D eigenvalue weighted by Crippen LogP contribution is -2.56. The van der Waals surface area contributed by atoms with Crippen LogP contribution >= 0.6 is 15.9 Å². The molecule has 2 aromatic carbocycles. The van der Waals surface area contributed by atoms with Crippen molar-refractivity contribution in [2.45, 2.75) is 44.6 Å². The Kier molecular flexibility index (Phi) is 6.79. The van der Waals surface area contributed by atoms with Crippen LogP contribution in [-0.4, -0.2) is 24.5 Å². The van der Waals surface area contributed by atoms with Gasteiger partial charge in [-0.1, -0.05) is 34.5 Å². The van der Waals surface area contributed by atoms with E-state index in [1.54, 1.807) is 31.2 Å². The summed E-state index contributed by atoms with van der Waals surface area (Å²) >= 11 is 3.42. The van der Waals surface area contributed by atoms with E-state index in [9.17, 15) is 9.59 Å². The van der Waals surface area contributed by atoms with Crippen LogP contribution < -0.4 is 20.3 Å². The van der Waals surface area contributed by atoms with Gasteiger partial charge < -0.3 is 9.47 Å². The third-order valence-electron chi connectivity index (χ3n) is 5.15. The molecule has 0 radical (unpaired) electrons. The number of carbonyl (C=O) groups excluding carboxylic acids is 2. The first-order valence-corrected chi connectivity index (χ1v) is 10.5. The minimum Gasteiger partial charge on any atom is -0.494 e. The first kappa shape index (κ1) is 21.2. The van der Waals surface area contributed by atoms with E-state index in [4.69, 9.17) is 9.47 Å². The zero-order valence-electron chi connectivity index (χ0n) is 16.5. The fourth-order valence-electron chi connectivity index (χ4n) is 3.32. The topological polar surface area (TPSA) is 76.7 Å². The maximum absolute atomic E-state index is 12.8. The van der Waals surface area contributed by atoms with Crippen molar-refractivity contribution < 1.29 is 19.1 Å². The number of hydrazine groups is 1. The standard InChI is InChI=1S/C22H25BrN2O4/c1-3-28-18-9-11-19(12-10-18)29-15(2)20(26)24-25-21(27)22(13-4-14-22)16-5-7-17(23)8-6-16/h5-12,15H,3-4,13-14H2,1-2H3,(H,24,26)(H,25,27). The van der Waals surface area contributed by atoms with Gasteiger partial charge in [0.1, 0.15) is 11.5 Å². The van der Waals surface area contributed by atoms with E-state index in [2.05, 4.69) is 26.8 Å². The number of ether oxygens (including phenoxy) is 2. The summed E-state index contributed by atoms with van der Waals surface area (Å²) in [5, 5.41) is 0. The van der Waals surface area contributed by atoms with E-state index in [1.165, 1.54) is 0 Å². The lowest BCUT2D eigenvalue weighted by Gasteiger charge is -2.40. The summed E-state index contributed by atoms with van der Waals surface area (Å²) in [7, 11) is 0.